The Morgan fingerprint density at radius 2 is 1.31 bits per heavy atom. The van der Waals surface area contributed by atoms with Gasteiger partial charge in [0.05, 0.1) is 5.54 Å². The van der Waals surface area contributed by atoms with Crippen LogP contribution >= 0.6 is 0 Å². The molecule has 35 heavy (non-hydrogen) atoms. The number of nitrogens with one attached hydrogen (secondary N) is 1. The van der Waals surface area contributed by atoms with Crippen LogP contribution in [0.3, 0.4) is 0 Å². The molecule has 0 saturated heterocycles. The number of carbonyl (C=O) groups is 1. The van der Waals surface area contributed by atoms with Gasteiger partial charge in [0.25, 0.3) is 0 Å². The zero-order valence-corrected chi connectivity index (χ0v) is 22.4. The van der Waals surface area contributed by atoms with Gasteiger partial charge in [-0.1, -0.05) is 123 Å². The number of amides is 1. The molecule has 0 radical (unpaired) electrons. The molecular weight excluding hydrogens is 426 g/mol. The molecule has 0 aromatic heterocycles. The summed E-state index contributed by atoms with van der Waals surface area (Å²) >= 11 is 0. The van der Waals surface area contributed by atoms with E-state index in [-0.39, 0.29) is 5.91 Å². The second-order valence-electron chi connectivity index (χ2n) is 9.89. The quantitative estimate of drug-likeness (QED) is 0.180. The van der Waals surface area contributed by atoms with Crippen LogP contribution in [0, 0.1) is 6.92 Å². The highest BCUT2D eigenvalue weighted by Gasteiger charge is 2.30. The van der Waals surface area contributed by atoms with Crippen molar-refractivity contribution < 1.29 is 4.79 Å². The molecule has 1 amide bonds. The third-order valence-corrected chi connectivity index (χ3v) is 6.72. The van der Waals surface area contributed by atoms with Crippen molar-refractivity contribution in [1.82, 2.24) is 5.32 Å². The molecule has 0 heterocycles. The average molecular weight is 474 g/mol. The van der Waals surface area contributed by atoms with Gasteiger partial charge in [0.1, 0.15) is 0 Å². The zero-order chi connectivity index (χ0) is 25.2. The van der Waals surface area contributed by atoms with Crippen molar-refractivity contribution in [2.75, 3.05) is 0 Å². The molecule has 2 aromatic carbocycles. The van der Waals surface area contributed by atoms with Crippen LogP contribution < -0.4 is 5.32 Å². The maximum Gasteiger partial charge on any atom is 0.220 e. The summed E-state index contributed by atoms with van der Waals surface area (Å²) in [5, 5.41) is 3.34. The molecule has 0 spiro atoms. The minimum absolute atomic E-state index is 0.127. The number of benzene rings is 2. The van der Waals surface area contributed by atoms with E-state index in [0.29, 0.717) is 6.42 Å². The number of aryl methyl sites for hydroxylation is 1. The predicted octanol–water partition coefficient (Wildman–Crippen LogP) is 9.19. The van der Waals surface area contributed by atoms with E-state index >= 15 is 0 Å². The van der Waals surface area contributed by atoms with Crippen molar-refractivity contribution in [3.63, 3.8) is 0 Å². The lowest BCUT2D eigenvalue weighted by Crippen LogP contribution is -2.44. The molecule has 2 rings (SSSR count). The SMILES string of the molecule is CCCCC/C=C\C/C=C\CCCCCCCC(=O)NC(C)(c1ccccc1)c1ccc(C)cc1. The minimum Gasteiger partial charge on any atom is -0.343 e. The average Bonchev–Trinajstić information content (AvgIpc) is 2.87. The van der Waals surface area contributed by atoms with Gasteiger partial charge in [-0.05, 0) is 63.5 Å². The summed E-state index contributed by atoms with van der Waals surface area (Å²) in [6.07, 6.45) is 22.9. The Hall–Kier alpha value is -2.61. The monoisotopic (exact) mass is 473 g/mol. The molecule has 2 nitrogen and oxygen atoms in total. The van der Waals surface area contributed by atoms with E-state index in [9.17, 15) is 4.79 Å². The fraction of sp³-hybridized carbons (Fsp3) is 0.485. The Labute approximate surface area is 214 Å². The highest BCUT2D eigenvalue weighted by molar-refractivity contribution is 5.77. The Balaban J connectivity index is 1.66. The molecule has 0 saturated carbocycles. The van der Waals surface area contributed by atoms with E-state index < -0.39 is 5.54 Å². The van der Waals surface area contributed by atoms with Crippen LogP contribution in [0.5, 0.6) is 0 Å². The lowest BCUT2D eigenvalue weighted by Gasteiger charge is -2.32. The summed E-state index contributed by atoms with van der Waals surface area (Å²) in [5.41, 5.74) is 2.92. The van der Waals surface area contributed by atoms with Crippen LogP contribution in [0.15, 0.2) is 78.9 Å². The van der Waals surface area contributed by atoms with Crippen LogP contribution in [0.2, 0.25) is 0 Å². The van der Waals surface area contributed by atoms with Crippen molar-refractivity contribution in [3.8, 4) is 0 Å². The molecule has 0 aliphatic heterocycles. The minimum atomic E-state index is -0.525. The van der Waals surface area contributed by atoms with Crippen LogP contribution in [0.25, 0.3) is 0 Å². The van der Waals surface area contributed by atoms with Crippen LogP contribution in [0.1, 0.15) is 108 Å². The molecule has 0 aliphatic rings. The van der Waals surface area contributed by atoms with Gasteiger partial charge in [0.2, 0.25) is 5.91 Å². The molecule has 0 fully saturated rings. The van der Waals surface area contributed by atoms with Gasteiger partial charge < -0.3 is 5.32 Å². The fourth-order valence-electron chi connectivity index (χ4n) is 4.41. The van der Waals surface area contributed by atoms with Crippen LogP contribution in [-0.2, 0) is 10.3 Å². The summed E-state index contributed by atoms with van der Waals surface area (Å²) in [4.78, 5) is 12.9. The normalized spacial score (nSPS) is 13.3. The Morgan fingerprint density at radius 3 is 1.97 bits per heavy atom. The lowest BCUT2D eigenvalue weighted by molar-refractivity contribution is -0.122. The molecule has 2 aromatic rings. The van der Waals surface area contributed by atoms with Gasteiger partial charge in [-0.15, -0.1) is 0 Å². The number of hydrogen-bond acceptors (Lipinski definition) is 1. The molecule has 0 bridgehead atoms. The summed E-state index contributed by atoms with van der Waals surface area (Å²) in [6, 6.07) is 18.8. The fourth-order valence-corrected chi connectivity index (χ4v) is 4.41. The molecule has 1 N–H and O–H groups in total. The van der Waals surface area contributed by atoms with E-state index in [1.165, 1.54) is 50.5 Å². The van der Waals surface area contributed by atoms with Gasteiger partial charge in [0, 0.05) is 6.42 Å². The van der Waals surface area contributed by atoms with Gasteiger partial charge in [-0.3, -0.25) is 4.79 Å². The predicted molar refractivity (Wildman–Crippen MR) is 152 cm³/mol. The van der Waals surface area contributed by atoms with Crippen molar-refractivity contribution in [1.29, 1.82) is 0 Å². The first-order valence-electron chi connectivity index (χ1n) is 13.8. The second-order valence-corrected chi connectivity index (χ2v) is 9.89. The molecule has 1 unspecified atom stereocenters. The smallest absolute Gasteiger partial charge is 0.220 e. The van der Waals surface area contributed by atoms with E-state index in [4.69, 9.17) is 0 Å². The topological polar surface area (TPSA) is 29.1 Å². The summed E-state index contributed by atoms with van der Waals surface area (Å²) < 4.78 is 0. The first-order chi connectivity index (χ1) is 17.1. The molecule has 0 aliphatic carbocycles. The van der Waals surface area contributed by atoms with E-state index in [0.717, 1.165) is 36.8 Å². The van der Waals surface area contributed by atoms with Gasteiger partial charge in [-0.25, -0.2) is 0 Å². The van der Waals surface area contributed by atoms with Gasteiger partial charge in [0.15, 0.2) is 0 Å². The van der Waals surface area contributed by atoms with Gasteiger partial charge >= 0.3 is 0 Å². The van der Waals surface area contributed by atoms with E-state index in [1.807, 2.05) is 18.2 Å². The standard InChI is InChI=1S/C33H47NO/c1-4-5-6-7-8-9-10-11-12-13-14-15-16-17-21-24-32(35)34-33(3,30-22-19-18-20-23-30)31-27-25-29(2)26-28-31/h8-9,11-12,18-20,22-23,25-28H,4-7,10,13-17,21,24H2,1-3H3,(H,34,35)/b9-8-,12-11-. The highest BCUT2D eigenvalue weighted by atomic mass is 16.1. The number of allylic oxidation sites excluding steroid dienone is 4. The number of carbonyl (C=O) groups excluding carboxylic acids is 1. The maximum absolute atomic E-state index is 12.9. The molecule has 190 valence electrons. The summed E-state index contributed by atoms with van der Waals surface area (Å²) in [5.74, 6) is 0.127. The number of hydrogen-bond donors (Lipinski definition) is 1. The van der Waals surface area contributed by atoms with Crippen LogP contribution in [-0.4, -0.2) is 5.91 Å². The second kappa shape index (κ2) is 16.9. The largest absolute Gasteiger partial charge is 0.343 e. The van der Waals surface area contributed by atoms with Crippen molar-refractivity contribution in [3.05, 3.63) is 95.6 Å². The van der Waals surface area contributed by atoms with Crippen molar-refractivity contribution >= 4 is 5.91 Å². The van der Waals surface area contributed by atoms with Gasteiger partial charge in [-0.2, -0.15) is 0 Å². The third kappa shape index (κ3) is 11.1. The van der Waals surface area contributed by atoms with Crippen molar-refractivity contribution in [2.24, 2.45) is 0 Å². The van der Waals surface area contributed by atoms with Crippen LogP contribution in [0.4, 0.5) is 0 Å². The zero-order valence-electron chi connectivity index (χ0n) is 22.4. The third-order valence-electron chi connectivity index (χ3n) is 6.72. The Bertz CT molecular complexity index is 881. The van der Waals surface area contributed by atoms with Crippen molar-refractivity contribution in [2.45, 2.75) is 103 Å². The van der Waals surface area contributed by atoms with E-state index in [2.05, 4.69) is 86.8 Å². The first kappa shape index (κ1) is 28.6. The maximum atomic E-state index is 12.9. The molecular formula is C33H47NO. The molecule has 2 heteroatoms. The number of unbranched alkanes of at least 4 members (excludes halogenated alkanes) is 8. The summed E-state index contributed by atoms with van der Waals surface area (Å²) in [7, 11) is 0. The summed E-state index contributed by atoms with van der Waals surface area (Å²) in [6.45, 7) is 6.45. The van der Waals surface area contributed by atoms with E-state index in [1.54, 1.807) is 0 Å². The Kier molecular flexibility index (Phi) is 13.8. The highest BCUT2D eigenvalue weighted by Crippen LogP contribution is 2.29. The lowest BCUT2D eigenvalue weighted by atomic mass is 9.84. The molecule has 1 atom stereocenters. The Morgan fingerprint density at radius 1 is 0.743 bits per heavy atom. The first-order valence-corrected chi connectivity index (χ1v) is 13.8. The number of rotatable bonds is 17.